The summed E-state index contributed by atoms with van der Waals surface area (Å²) in [5, 5.41) is 0. The second-order valence-electron chi connectivity index (χ2n) is 7.12. The van der Waals surface area contributed by atoms with Gasteiger partial charge in [0.1, 0.15) is 5.82 Å². The summed E-state index contributed by atoms with van der Waals surface area (Å²) in [4.78, 5) is 21.3. The van der Waals surface area contributed by atoms with Crippen LogP contribution in [-0.2, 0) is 4.79 Å². The topological polar surface area (TPSA) is 75.0 Å². The molecule has 1 aliphatic heterocycles. The Hall–Kier alpha value is -2.99. The van der Waals surface area contributed by atoms with Crippen LogP contribution in [-0.4, -0.2) is 40.4 Å². The minimum atomic E-state index is -0.252. The largest absolute Gasteiger partial charge is 0.358 e. The Morgan fingerprint density at radius 3 is 2.43 bits per heavy atom. The summed E-state index contributed by atoms with van der Waals surface area (Å²) in [6.45, 7) is 1.50. The summed E-state index contributed by atoms with van der Waals surface area (Å²) in [6, 6.07) is 12.7. The monoisotopic (exact) mass is 378 g/mol. The quantitative estimate of drug-likeness (QED) is 0.729. The second-order valence-corrected chi connectivity index (χ2v) is 7.12. The molecule has 0 radical (unpaired) electrons. The summed E-state index contributed by atoms with van der Waals surface area (Å²) in [5.41, 5.74) is 10.7. The van der Waals surface area contributed by atoms with Gasteiger partial charge in [-0.25, -0.2) is 4.39 Å². The molecule has 6 heteroatoms. The highest BCUT2D eigenvalue weighted by atomic mass is 19.1. The van der Waals surface area contributed by atoms with Gasteiger partial charge < -0.3 is 15.6 Å². The minimum Gasteiger partial charge on any atom is -0.358 e. The van der Waals surface area contributed by atoms with Crippen LogP contribution in [0.15, 0.2) is 54.9 Å². The average Bonchev–Trinajstić information content (AvgIpc) is 3.20. The van der Waals surface area contributed by atoms with Crippen LogP contribution in [0.4, 0.5) is 4.39 Å². The molecule has 0 bridgehead atoms. The van der Waals surface area contributed by atoms with Crippen molar-refractivity contribution in [1.29, 1.82) is 0 Å². The normalized spacial score (nSPS) is 15.0. The average molecular weight is 378 g/mol. The number of nitrogens with one attached hydrogen (secondary N) is 1. The molecule has 1 amide bonds. The summed E-state index contributed by atoms with van der Waals surface area (Å²) in [7, 11) is 0. The smallest absolute Gasteiger partial charge is 0.236 e. The summed E-state index contributed by atoms with van der Waals surface area (Å²) >= 11 is 0. The maximum atomic E-state index is 13.4. The van der Waals surface area contributed by atoms with Crippen LogP contribution in [0.25, 0.3) is 22.4 Å². The van der Waals surface area contributed by atoms with Crippen molar-refractivity contribution in [2.24, 2.45) is 5.73 Å². The van der Waals surface area contributed by atoms with Gasteiger partial charge in [-0.3, -0.25) is 9.78 Å². The van der Waals surface area contributed by atoms with Crippen LogP contribution < -0.4 is 5.73 Å². The van der Waals surface area contributed by atoms with E-state index in [0.29, 0.717) is 5.92 Å². The number of hydrogen-bond acceptors (Lipinski definition) is 3. The van der Waals surface area contributed by atoms with Gasteiger partial charge in [-0.05, 0) is 66.4 Å². The maximum absolute atomic E-state index is 13.4. The van der Waals surface area contributed by atoms with Gasteiger partial charge in [0.15, 0.2) is 0 Å². The highest BCUT2D eigenvalue weighted by Gasteiger charge is 2.25. The first-order valence-electron chi connectivity index (χ1n) is 9.53. The van der Waals surface area contributed by atoms with E-state index in [1.165, 1.54) is 12.1 Å². The number of halogens is 1. The maximum Gasteiger partial charge on any atom is 0.236 e. The van der Waals surface area contributed by atoms with E-state index in [9.17, 15) is 9.18 Å². The fraction of sp³-hybridized carbons (Fsp3) is 0.273. The molecule has 1 aliphatic rings. The van der Waals surface area contributed by atoms with E-state index in [1.807, 2.05) is 17.0 Å². The molecule has 5 nitrogen and oxygen atoms in total. The number of nitrogens with zero attached hydrogens (tertiary/aromatic N) is 2. The fourth-order valence-electron chi connectivity index (χ4n) is 3.87. The van der Waals surface area contributed by atoms with E-state index in [2.05, 4.69) is 16.0 Å². The predicted molar refractivity (Wildman–Crippen MR) is 107 cm³/mol. The number of hydrogen-bond donors (Lipinski definition) is 2. The Morgan fingerprint density at radius 2 is 1.79 bits per heavy atom. The summed E-state index contributed by atoms with van der Waals surface area (Å²) in [6.07, 6.45) is 5.33. The molecule has 4 rings (SSSR count). The standard InChI is InChI=1S/C22H23FN4O/c23-18-3-1-17(2-4-18)22-19(15-5-9-25-10-6-15)13-20(26-22)16-7-11-27(12-8-16)21(28)14-24/h1-6,9-10,13,16,26H,7-8,11-12,14,24H2. The van der Waals surface area contributed by atoms with E-state index in [4.69, 9.17) is 5.73 Å². The van der Waals surface area contributed by atoms with Gasteiger partial charge in [0.25, 0.3) is 0 Å². The number of aromatic nitrogens is 2. The van der Waals surface area contributed by atoms with Gasteiger partial charge in [0.2, 0.25) is 5.91 Å². The van der Waals surface area contributed by atoms with Crippen LogP contribution >= 0.6 is 0 Å². The lowest BCUT2D eigenvalue weighted by molar-refractivity contribution is -0.130. The second kappa shape index (κ2) is 7.94. The predicted octanol–water partition coefficient (Wildman–Crippen LogP) is 3.55. The van der Waals surface area contributed by atoms with E-state index in [0.717, 1.165) is 54.0 Å². The number of piperidine rings is 1. The number of rotatable bonds is 4. The summed E-state index contributed by atoms with van der Waals surface area (Å²) < 4.78 is 13.4. The minimum absolute atomic E-state index is 0.00871. The molecule has 1 fully saturated rings. The number of nitrogens with two attached hydrogens (primary N) is 1. The van der Waals surface area contributed by atoms with Gasteiger partial charge in [0.05, 0.1) is 12.2 Å². The zero-order valence-electron chi connectivity index (χ0n) is 15.6. The Labute approximate surface area is 163 Å². The first-order valence-corrected chi connectivity index (χ1v) is 9.53. The van der Waals surface area contributed by atoms with Crippen LogP contribution in [0.2, 0.25) is 0 Å². The fourth-order valence-corrected chi connectivity index (χ4v) is 3.87. The molecule has 0 atom stereocenters. The molecule has 3 aromatic rings. The molecule has 1 aromatic carbocycles. The Bertz CT molecular complexity index is 944. The molecule has 1 saturated heterocycles. The zero-order chi connectivity index (χ0) is 19.5. The highest BCUT2D eigenvalue weighted by Crippen LogP contribution is 2.37. The number of pyridine rings is 1. The van der Waals surface area contributed by atoms with E-state index >= 15 is 0 Å². The third-order valence-corrected chi connectivity index (χ3v) is 5.42. The van der Waals surface area contributed by atoms with Crippen LogP contribution in [0.1, 0.15) is 24.5 Å². The lowest BCUT2D eigenvalue weighted by atomic mass is 9.93. The third kappa shape index (κ3) is 3.68. The molecule has 0 aliphatic carbocycles. The van der Waals surface area contributed by atoms with E-state index < -0.39 is 0 Å². The van der Waals surface area contributed by atoms with Gasteiger partial charge in [0, 0.05) is 42.7 Å². The molecule has 28 heavy (non-hydrogen) atoms. The van der Waals surface area contributed by atoms with Crippen LogP contribution in [0.5, 0.6) is 0 Å². The zero-order valence-corrected chi connectivity index (χ0v) is 15.6. The Morgan fingerprint density at radius 1 is 1.11 bits per heavy atom. The van der Waals surface area contributed by atoms with Crippen molar-refractivity contribution in [3.8, 4) is 22.4 Å². The molecule has 144 valence electrons. The lowest BCUT2D eigenvalue weighted by Gasteiger charge is -2.31. The summed E-state index contributed by atoms with van der Waals surface area (Å²) in [5.74, 6) is 0.101. The van der Waals surface area contributed by atoms with Crippen molar-refractivity contribution >= 4 is 5.91 Å². The molecule has 3 heterocycles. The first kappa shape index (κ1) is 18.4. The molecule has 3 N–H and O–H groups in total. The highest BCUT2D eigenvalue weighted by molar-refractivity contribution is 5.82. The van der Waals surface area contributed by atoms with Crippen molar-refractivity contribution in [1.82, 2.24) is 14.9 Å². The number of likely N-dealkylation sites (tertiary alicyclic amines) is 1. The molecule has 0 spiro atoms. The Kier molecular flexibility index (Phi) is 5.21. The van der Waals surface area contributed by atoms with Crippen LogP contribution in [0.3, 0.4) is 0 Å². The number of carbonyl (C=O) groups excluding carboxylic acids is 1. The van der Waals surface area contributed by atoms with E-state index in [1.54, 1.807) is 24.5 Å². The SMILES string of the molecule is NCC(=O)N1CCC(c2cc(-c3ccncc3)c(-c3ccc(F)cc3)[nH]2)CC1. The molecule has 2 aromatic heterocycles. The van der Waals surface area contributed by atoms with E-state index in [-0.39, 0.29) is 18.3 Å². The lowest BCUT2D eigenvalue weighted by Crippen LogP contribution is -2.41. The first-order chi connectivity index (χ1) is 13.7. The molecular formula is C22H23FN4O. The number of aromatic amines is 1. The third-order valence-electron chi connectivity index (χ3n) is 5.42. The Balaban J connectivity index is 1.66. The van der Waals surface area contributed by atoms with Crippen molar-refractivity contribution < 1.29 is 9.18 Å². The van der Waals surface area contributed by atoms with Crippen molar-refractivity contribution in [3.05, 3.63) is 66.4 Å². The number of amides is 1. The van der Waals surface area contributed by atoms with Gasteiger partial charge >= 0.3 is 0 Å². The number of benzene rings is 1. The van der Waals surface area contributed by atoms with Gasteiger partial charge in [-0.15, -0.1) is 0 Å². The van der Waals surface area contributed by atoms with Gasteiger partial charge in [-0.1, -0.05) is 0 Å². The van der Waals surface area contributed by atoms with Crippen molar-refractivity contribution in [2.75, 3.05) is 19.6 Å². The number of carbonyl (C=O) groups is 1. The van der Waals surface area contributed by atoms with Crippen LogP contribution in [0, 0.1) is 5.82 Å². The number of H-pyrrole nitrogens is 1. The molecule has 0 unspecified atom stereocenters. The van der Waals surface area contributed by atoms with Gasteiger partial charge in [-0.2, -0.15) is 0 Å². The van der Waals surface area contributed by atoms with Crippen molar-refractivity contribution in [2.45, 2.75) is 18.8 Å². The molecule has 0 saturated carbocycles. The molecular weight excluding hydrogens is 355 g/mol. The van der Waals surface area contributed by atoms with Crippen molar-refractivity contribution in [3.63, 3.8) is 0 Å².